The molecule has 1 N–H and O–H groups in total. The van der Waals surface area contributed by atoms with Gasteiger partial charge in [-0.2, -0.15) is 0 Å². The predicted molar refractivity (Wildman–Crippen MR) is 101 cm³/mol. The molecule has 8 heteroatoms. The van der Waals surface area contributed by atoms with Crippen molar-refractivity contribution in [3.8, 4) is 0 Å². The molecule has 4 rings (SSSR count). The Morgan fingerprint density at radius 1 is 1.03 bits per heavy atom. The number of carbonyl (C=O) groups excluding carboxylic acids is 4. The average molecular weight is 400 g/mol. The Labute approximate surface area is 168 Å². The first-order chi connectivity index (χ1) is 13.6. The van der Waals surface area contributed by atoms with Gasteiger partial charge in [0.2, 0.25) is 0 Å². The molecule has 1 spiro atoms. The first kappa shape index (κ1) is 19.4. The third kappa shape index (κ3) is 3.59. The highest BCUT2D eigenvalue weighted by Crippen LogP contribution is 2.59. The van der Waals surface area contributed by atoms with Gasteiger partial charge in [-0.25, -0.2) is 9.59 Å². The Hall–Kier alpha value is -2.90. The molecule has 0 atom stereocenters. The summed E-state index contributed by atoms with van der Waals surface area (Å²) in [6.45, 7) is 5.43. The van der Waals surface area contributed by atoms with Crippen LogP contribution >= 0.6 is 0 Å². The number of hydrogen-bond acceptors (Lipinski definition) is 6. The largest absolute Gasteiger partial charge is 0.444 e. The molecule has 1 aromatic rings. The van der Waals surface area contributed by atoms with E-state index in [1.54, 1.807) is 12.1 Å². The van der Waals surface area contributed by atoms with Gasteiger partial charge >= 0.3 is 12.1 Å². The minimum Gasteiger partial charge on any atom is -0.444 e. The zero-order valence-electron chi connectivity index (χ0n) is 16.7. The lowest BCUT2D eigenvalue weighted by Crippen LogP contribution is -2.58. The number of benzene rings is 1. The van der Waals surface area contributed by atoms with Crippen molar-refractivity contribution in [2.45, 2.75) is 58.1 Å². The molecule has 0 unspecified atom stereocenters. The quantitative estimate of drug-likeness (QED) is 0.783. The average Bonchev–Trinajstić information content (AvgIpc) is 2.79. The normalized spacial score (nSPS) is 27.8. The molecule has 0 saturated heterocycles. The van der Waals surface area contributed by atoms with Crippen LogP contribution in [0.1, 0.15) is 67.2 Å². The van der Waals surface area contributed by atoms with Crippen LogP contribution in [-0.4, -0.2) is 40.6 Å². The van der Waals surface area contributed by atoms with Gasteiger partial charge < -0.3 is 14.9 Å². The van der Waals surface area contributed by atoms with Crippen molar-refractivity contribution in [2.24, 2.45) is 11.3 Å². The zero-order chi connectivity index (χ0) is 21.0. The number of hydrogen-bond donors (Lipinski definition) is 1. The van der Waals surface area contributed by atoms with Crippen LogP contribution in [0.2, 0.25) is 0 Å². The molecule has 2 fully saturated rings. The third-order valence-corrected chi connectivity index (χ3v) is 5.71. The van der Waals surface area contributed by atoms with Gasteiger partial charge in [0.1, 0.15) is 5.60 Å². The Morgan fingerprint density at radius 3 is 2.10 bits per heavy atom. The molecule has 3 amide bonds. The van der Waals surface area contributed by atoms with E-state index in [0.717, 1.165) is 12.8 Å². The van der Waals surface area contributed by atoms with Crippen LogP contribution in [0.3, 0.4) is 0 Å². The minimum absolute atomic E-state index is 0.0192. The summed E-state index contributed by atoms with van der Waals surface area (Å²) in [6.07, 6.45) is 2.38. The number of hydroxylamine groups is 2. The Balaban J connectivity index is 1.24. The van der Waals surface area contributed by atoms with Gasteiger partial charge in [0.15, 0.2) is 0 Å². The van der Waals surface area contributed by atoms with E-state index >= 15 is 0 Å². The molecular formula is C21H24N2O6. The van der Waals surface area contributed by atoms with Crippen molar-refractivity contribution < 1.29 is 28.8 Å². The van der Waals surface area contributed by atoms with Crippen LogP contribution in [0.5, 0.6) is 0 Å². The summed E-state index contributed by atoms with van der Waals surface area (Å²) in [5.41, 5.74) is -0.0392. The molecule has 0 radical (unpaired) electrons. The highest BCUT2D eigenvalue weighted by atomic mass is 16.7. The lowest BCUT2D eigenvalue weighted by Gasteiger charge is -2.56. The van der Waals surface area contributed by atoms with Crippen LogP contribution in [0.25, 0.3) is 0 Å². The molecule has 1 heterocycles. The van der Waals surface area contributed by atoms with Crippen molar-refractivity contribution in [2.75, 3.05) is 0 Å². The first-order valence-corrected chi connectivity index (χ1v) is 9.76. The van der Waals surface area contributed by atoms with Crippen LogP contribution in [0.4, 0.5) is 4.79 Å². The Bertz CT molecular complexity index is 854. The predicted octanol–water partition coefficient (Wildman–Crippen LogP) is 2.82. The number of alkyl carbamates (subject to hydrolysis) is 1. The number of rotatable bonds is 3. The van der Waals surface area contributed by atoms with Gasteiger partial charge in [0.25, 0.3) is 11.8 Å². The van der Waals surface area contributed by atoms with E-state index in [1.165, 1.54) is 12.1 Å². The Kier molecular flexibility index (Phi) is 4.40. The highest BCUT2D eigenvalue weighted by Gasteiger charge is 2.56. The molecule has 2 saturated carbocycles. The standard InChI is InChI=1S/C21H24N2O6/c1-20(2,3)28-19(27)22-13-10-21(11-13)8-12(9-21)18(26)29-23-16(24)14-6-4-5-7-15(14)17(23)25/h4-7,12-13H,8-11H2,1-3H3,(H,22,27). The summed E-state index contributed by atoms with van der Waals surface area (Å²) < 4.78 is 5.25. The SMILES string of the molecule is CC(C)(C)OC(=O)NC1CC2(C1)CC(C(=O)ON1C(=O)c3ccccc3C1=O)C2. The molecule has 0 aromatic heterocycles. The van der Waals surface area contributed by atoms with Crippen molar-refractivity contribution in [1.29, 1.82) is 0 Å². The van der Waals surface area contributed by atoms with Crippen molar-refractivity contribution in [3.05, 3.63) is 35.4 Å². The van der Waals surface area contributed by atoms with E-state index in [9.17, 15) is 19.2 Å². The second-order valence-corrected chi connectivity index (χ2v) is 9.22. The fraction of sp³-hybridized carbons (Fsp3) is 0.524. The van der Waals surface area contributed by atoms with E-state index in [-0.39, 0.29) is 28.5 Å². The fourth-order valence-electron chi connectivity index (χ4n) is 4.46. The lowest BCUT2D eigenvalue weighted by atomic mass is 9.50. The zero-order valence-corrected chi connectivity index (χ0v) is 16.7. The third-order valence-electron chi connectivity index (χ3n) is 5.71. The molecule has 1 aromatic carbocycles. The molecule has 3 aliphatic rings. The van der Waals surface area contributed by atoms with Gasteiger partial charge in [-0.15, -0.1) is 0 Å². The number of ether oxygens (including phenoxy) is 1. The Morgan fingerprint density at radius 2 is 1.59 bits per heavy atom. The summed E-state index contributed by atoms with van der Waals surface area (Å²) in [6, 6.07) is 6.42. The number of nitrogens with one attached hydrogen (secondary N) is 1. The highest BCUT2D eigenvalue weighted by molar-refractivity contribution is 6.20. The van der Waals surface area contributed by atoms with Crippen molar-refractivity contribution >= 4 is 23.9 Å². The van der Waals surface area contributed by atoms with E-state index < -0.39 is 29.5 Å². The van der Waals surface area contributed by atoms with Crippen LogP contribution in [-0.2, 0) is 14.4 Å². The first-order valence-electron chi connectivity index (χ1n) is 9.76. The molecule has 2 aliphatic carbocycles. The van der Waals surface area contributed by atoms with Crippen LogP contribution in [0.15, 0.2) is 24.3 Å². The van der Waals surface area contributed by atoms with Crippen molar-refractivity contribution in [3.63, 3.8) is 0 Å². The van der Waals surface area contributed by atoms with Gasteiger partial charge in [-0.1, -0.05) is 17.2 Å². The van der Waals surface area contributed by atoms with Crippen LogP contribution in [0, 0.1) is 11.3 Å². The van der Waals surface area contributed by atoms with Crippen molar-refractivity contribution in [1.82, 2.24) is 10.4 Å². The number of amides is 3. The smallest absolute Gasteiger partial charge is 0.407 e. The summed E-state index contributed by atoms with van der Waals surface area (Å²) >= 11 is 0. The van der Waals surface area contributed by atoms with Gasteiger partial charge in [0, 0.05) is 6.04 Å². The van der Waals surface area contributed by atoms with Gasteiger partial charge in [-0.3, -0.25) is 9.59 Å². The summed E-state index contributed by atoms with van der Waals surface area (Å²) in [5.74, 6) is -2.13. The number of imide groups is 1. The molecule has 29 heavy (non-hydrogen) atoms. The maximum atomic E-state index is 12.4. The maximum absolute atomic E-state index is 12.4. The topological polar surface area (TPSA) is 102 Å². The summed E-state index contributed by atoms with van der Waals surface area (Å²) in [7, 11) is 0. The number of fused-ring (bicyclic) bond motifs is 1. The molecule has 1 aliphatic heterocycles. The molecular weight excluding hydrogens is 376 g/mol. The fourth-order valence-corrected chi connectivity index (χ4v) is 4.46. The molecule has 154 valence electrons. The number of carbonyl (C=O) groups is 4. The summed E-state index contributed by atoms with van der Waals surface area (Å²) in [4.78, 5) is 53.9. The molecule has 8 nitrogen and oxygen atoms in total. The maximum Gasteiger partial charge on any atom is 0.407 e. The van der Waals surface area contributed by atoms with Crippen LogP contribution < -0.4 is 5.32 Å². The van der Waals surface area contributed by atoms with Gasteiger partial charge in [0.05, 0.1) is 17.0 Å². The monoisotopic (exact) mass is 400 g/mol. The number of nitrogens with zero attached hydrogens (tertiary/aromatic N) is 1. The second kappa shape index (κ2) is 6.57. The van der Waals surface area contributed by atoms with E-state index in [4.69, 9.17) is 9.57 Å². The summed E-state index contributed by atoms with van der Waals surface area (Å²) in [5, 5.41) is 3.41. The van der Waals surface area contributed by atoms with E-state index in [2.05, 4.69) is 5.32 Å². The lowest BCUT2D eigenvalue weighted by molar-refractivity contribution is -0.186. The minimum atomic E-state index is -0.613. The van der Waals surface area contributed by atoms with E-state index in [0.29, 0.717) is 17.9 Å². The van der Waals surface area contributed by atoms with E-state index in [1.807, 2.05) is 20.8 Å². The molecule has 0 bridgehead atoms. The van der Waals surface area contributed by atoms with Gasteiger partial charge in [-0.05, 0) is 64.0 Å². The second-order valence-electron chi connectivity index (χ2n) is 9.22.